The van der Waals surface area contributed by atoms with Gasteiger partial charge in [0.15, 0.2) is 0 Å². The van der Waals surface area contributed by atoms with Crippen molar-refractivity contribution in [2.24, 2.45) is 15.8 Å². The van der Waals surface area contributed by atoms with Crippen LogP contribution in [-0.4, -0.2) is 22.6 Å². The molecule has 0 bridgehead atoms. The van der Waals surface area contributed by atoms with Gasteiger partial charge in [0.25, 0.3) is 0 Å². The fraction of sp³-hybridized carbons (Fsp3) is 0.450. The molecule has 0 fully saturated rings. The number of hydrogen-bond acceptors (Lipinski definition) is 4. The Hall–Kier alpha value is -1.88. The summed E-state index contributed by atoms with van der Waals surface area (Å²) >= 11 is 4.31. The fourth-order valence-electron chi connectivity index (χ4n) is 1.97. The van der Waals surface area contributed by atoms with Gasteiger partial charge in [0.1, 0.15) is 11.5 Å². The number of benzene rings is 1. The smallest absolute Gasteiger partial charge is 0.354 e. The van der Waals surface area contributed by atoms with Gasteiger partial charge in [-0.2, -0.15) is 0 Å². The van der Waals surface area contributed by atoms with E-state index in [4.69, 9.17) is 0 Å². The zero-order valence-corrected chi connectivity index (χ0v) is 16.6. The highest BCUT2D eigenvalue weighted by Gasteiger charge is 2.27. The van der Waals surface area contributed by atoms with Crippen LogP contribution in [0.3, 0.4) is 0 Å². The van der Waals surface area contributed by atoms with Crippen LogP contribution in [0.1, 0.15) is 48.0 Å². The van der Waals surface area contributed by atoms with E-state index >= 15 is 0 Å². The van der Waals surface area contributed by atoms with Crippen LogP contribution in [0.15, 0.2) is 45.8 Å². The minimum absolute atomic E-state index is 0.0630. The Balaban J connectivity index is 3.38. The van der Waals surface area contributed by atoms with Gasteiger partial charge in [-0.15, -0.1) is 12.6 Å². The lowest BCUT2D eigenvalue weighted by atomic mass is 9.78. The SMILES string of the molecule is CC(C)(C)C(=O)C/C(=C/C(=Nc1ccccc1S)C(=O)O)C(C)(C)C. The van der Waals surface area contributed by atoms with E-state index in [1.165, 1.54) is 6.08 Å². The van der Waals surface area contributed by atoms with Crippen LogP contribution in [0.5, 0.6) is 0 Å². The van der Waals surface area contributed by atoms with Gasteiger partial charge in [-0.3, -0.25) is 4.79 Å². The second-order valence-corrected chi connectivity index (χ2v) is 8.54. The van der Waals surface area contributed by atoms with Crippen LogP contribution in [0.25, 0.3) is 0 Å². The maximum Gasteiger partial charge on any atom is 0.354 e. The summed E-state index contributed by atoms with van der Waals surface area (Å²) in [6, 6.07) is 7.03. The Morgan fingerprint density at radius 1 is 1.08 bits per heavy atom. The molecule has 0 radical (unpaired) electrons. The lowest BCUT2D eigenvalue weighted by Crippen LogP contribution is -2.24. The molecule has 25 heavy (non-hydrogen) atoms. The molecular weight excluding hydrogens is 334 g/mol. The van der Waals surface area contributed by atoms with Crippen molar-refractivity contribution < 1.29 is 14.7 Å². The molecule has 0 aliphatic carbocycles. The number of carbonyl (C=O) groups excluding carboxylic acids is 1. The minimum Gasteiger partial charge on any atom is -0.477 e. The number of Topliss-reactive ketones (excluding diaryl/α,β-unsaturated/α-hetero) is 1. The van der Waals surface area contributed by atoms with Crippen LogP contribution in [0, 0.1) is 10.8 Å². The zero-order valence-electron chi connectivity index (χ0n) is 15.8. The maximum absolute atomic E-state index is 12.4. The molecule has 0 aromatic heterocycles. The Morgan fingerprint density at radius 2 is 1.64 bits per heavy atom. The van der Waals surface area contributed by atoms with Crippen molar-refractivity contribution in [3.63, 3.8) is 0 Å². The molecule has 1 aromatic rings. The molecule has 136 valence electrons. The summed E-state index contributed by atoms with van der Waals surface area (Å²) < 4.78 is 0. The molecule has 1 N–H and O–H groups in total. The van der Waals surface area contributed by atoms with E-state index in [2.05, 4.69) is 17.6 Å². The number of carboxylic acid groups (broad SMARTS) is 1. The van der Waals surface area contributed by atoms with Gasteiger partial charge in [0.05, 0.1) is 5.69 Å². The van der Waals surface area contributed by atoms with Crippen LogP contribution >= 0.6 is 12.6 Å². The summed E-state index contributed by atoms with van der Waals surface area (Å²) in [5.74, 6) is -1.07. The molecule has 1 aromatic carbocycles. The van der Waals surface area contributed by atoms with Gasteiger partial charge in [0, 0.05) is 16.7 Å². The second-order valence-electron chi connectivity index (χ2n) is 8.06. The summed E-state index contributed by atoms with van der Waals surface area (Å²) in [5.41, 5.74) is 0.286. The van der Waals surface area contributed by atoms with Crippen LogP contribution < -0.4 is 0 Å². The van der Waals surface area contributed by atoms with Crippen LogP contribution in [0.4, 0.5) is 5.69 Å². The molecule has 5 heteroatoms. The van der Waals surface area contributed by atoms with Crippen molar-refractivity contribution in [1.82, 2.24) is 0 Å². The number of carboxylic acids is 1. The molecule has 4 nitrogen and oxygen atoms in total. The van der Waals surface area contributed by atoms with Gasteiger partial charge >= 0.3 is 5.97 Å². The summed E-state index contributed by atoms with van der Waals surface area (Å²) in [4.78, 5) is 28.9. The average Bonchev–Trinajstić information content (AvgIpc) is 2.45. The highest BCUT2D eigenvalue weighted by molar-refractivity contribution is 7.80. The average molecular weight is 362 g/mol. The van der Waals surface area contributed by atoms with Gasteiger partial charge in [-0.25, -0.2) is 9.79 Å². The Bertz CT molecular complexity index is 719. The number of nitrogens with zero attached hydrogens (tertiary/aromatic N) is 1. The number of carbonyl (C=O) groups is 2. The van der Waals surface area contributed by atoms with Gasteiger partial charge in [-0.1, -0.05) is 59.2 Å². The third kappa shape index (κ3) is 6.50. The van der Waals surface area contributed by atoms with E-state index in [0.29, 0.717) is 10.6 Å². The number of ketones is 1. The lowest BCUT2D eigenvalue weighted by Gasteiger charge is -2.26. The van der Waals surface area contributed by atoms with Gasteiger partial charge in [0.2, 0.25) is 0 Å². The number of thiol groups is 1. The fourth-order valence-corrected chi connectivity index (χ4v) is 2.18. The number of allylic oxidation sites excluding steroid dienone is 1. The highest BCUT2D eigenvalue weighted by atomic mass is 32.1. The number of para-hydroxylation sites is 1. The summed E-state index contributed by atoms with van der Waals surface area (Å²) in [5, 5.41) is 9.55. The van der Waals surface area contributed by atoms with Gasteiger partial charge in [-0.05, 0) is 23.6 Å². The quantitative estimate of drug-likeness (QED) is 0.566. The zero-order chi connectivity index (χ0) is 19.4. The van der Waals surface area contributed by atoms with Crippen molar-refractivity contribution in [2.75, 3.05) is 0 Å². The monoisotopic (exact) mass is 361 g/mol. The van der Waals surface area contributed by atoms with Crippen LogP contribution in [0.2, 0.25) is 0 Å². The second kappa shape index (κ2) is 8.00. The molecule has 0 atom stereocenters. The standard InChI is InChI=1S/C20H27NO3S/c1-19(2,3)13(12-17(22)20(4,5)6)11-15(18(23)24)21-14-9-7-8-10-16(14)25/h7-11,25H,12H2,1-6H3,(H,23,24)/b13-11-,21-15?. The predicted octanol–water partition coefficient (Wildman–Crippen LogP) is 5.11. The van der Waals surface area contributed by atoms with Crippen LogP contribution in [-0.2, 0) is 9.59 Å². The third-order valence-corrected chi connectivity index (χ3v) is 4.18. The molecule has 0 aliphatic rings. The van der Waals surface area contributed by atoms with Crippen molar-refractivity contribution in [2.45, 2.75) is 52.9 Å². The minimum atomic E-state index is -1.14. The van der Waals surface area contributed by atoms with E-state index in [0.717, 1.165) is 5.57 Å². The lowest BCUT2D eigenvalue weighted by molar-refractivity contribution is -0.129. The van der Waals surface area contributed by atoms with Gasteiger partial charge < -0.3 is 5.11 Å². The molecular formula is C20H27NO3S. The first-order chi connectivity index (χ1) is 11.3. The van der Waals surface area contributed by atoms with E-state index in [1.54, 1.807) is 24.3 Å². The van der Waals surface area contributed by atoms with Crippen molar-refractivity contribution in [3.8, 4) is 0 Å². The normalized spacial score (nSPS) is 13.7. The first-order valence-corrected chi connectivity index (χ1v) is 8.61. The molecule has 0 spiro atoms. The molecule has 0 aliphatic heterocycles. The number of rotatable bonds is 5. The molecule has 0 unspecified atom stereocenters. The Morgan fingerprint density at radius 3 is 2.08 bits per heavy atom. The Kier molecular flexibility index (Phi) is 6.77. The van der Waals surface area contributed by atoms with E-state index < -0.39 is 11.4 Å². The number of aliphatic imine (C=N–C) groups is 1. The summed E-state index contributed by atoms with van der Waals surface area (Å²) in [7, 11) is 0. The van der Waals surface area contributed by atoms with E-state index in [-0.39, 0.29) is 23.3 Å². The Labute approximate surface area is 155 Å². The molecule has 0 saturated carbocycles. The first kappa shape index (κ1) is 21.2. The van der Waals surface area contributed by atoms with Crippen molar-refractivity contribution >= 4 is 35.8 Å². The molecule has 0 saturated heterocycles. The number of hydrogen-bond donors (Lipinski definition) is 2. The van der Waals surface area contributed by atoms with E-state index in [9.17, 15) is 14.7 Å². The van der Waals surface area contributed by atoms with E-state index in [1.807, 2.05) is 41.5 Å². The largest absolute Gasteiger partial charge is 0.477 e. The maximum atomic E-state index is 12.4. The first-order valence-electron chi connectivity index (χ1n) is 8.16. The number of aliphatic carboxylic acids is 1. The topological polar surface area (TPSA) is 66.7 Å². The van der Waals surface area contributed by atoms with Crippen molar-refractivity contribution in [1.29, 1.82) is 0 Å². The molecule has 1 rings (SSSR count). The summed E-state index contributed by atoms with van der Waals surface area (Å²) in [6.07, 6.45) is 1.72. The highest BCUT2D eigenvalue weighted by Crippen LogP contribution is 2.32. The molecule has 0 heterocycles. The third-order valence-electron chi connectivity index (χ3n) is 3.80. The van der Waals surface area contributed by atoms with Crippen molar-refractivity contribution in [3.05, 3.63) is 35.9 Å². The molecule has 0 amide bonds. The summed E-state index contributed by atoms with van der Waals surface area (Å²) in [6.45, 7) is 11.5. The predicted molar refractivity (Wildman–Crippen MR) is 105 cm³/mol.